The van der Waals surface area contributed by atoms with E-state index in [1.807, 2.05) is 0 Å². The molecule has 0 unspecified atom stereocenters. The first kappa shape index (κ1) is 13.7. The first-order chi connectivity index (χ1) is 9.03. The normalized spacial score (nSPS) is 8.53. The smallest absolute Gasteiger partial charge is 0.269 e. The van der Waals surface area contributed by atoms with Gasteiger partial charge in [0.05, 0.1) is 4.92 Å². The minimum atomic E-state index is -0.534. The number of allylic oxidation sites excluding steroid dienone is 2. The lowest BCUT2D eigenvalue weighted by atomic mass is 10.1. The number of hydrogen-bond donors (Lipinski definition) is 1. The van der Waals surface area contributed by atoms with Gasteiger partial charge in [-0.3, -0.25) is 10.1 Å². The van der Waals surface area contributed by atoms with Crippen LogP contribution in [0.4, 0.5) is 11.4 Å². The van der Waals surface area contributed by atoms with E-state index in [4.69, 9.17) is 15.8 Å². The third kappa shape index (κ3) is 3.06. The van der Waals surface area contributed by atoms with Gasteiger partial charge in [-0.1, -0.05) is 0 Å². The molecule has 19 heavy (non-hydrogen) atoms. The van der Waals surface area contributed by atoms with E-state index in [2.05, 4.69) is 5.32 Å². The largest absolute Gasteiger partial charge is 0.345 e. The monoisotopic (exact) mass is 253 g/mol. The molecule has 7 nitrogen and oxygen atoms in total. The Morgan fingerprint density at radius 1 is 1.26 bits per heavy atom. The molecule has 7 heteroatoms. The van der Waals surface area contributed by atoms with Crippen LogP contribution in [0.1, 0.15) is 5.56 Å². The highest BCUT2D eigenvalue weighted by Gasteiger charge is 2.11. The topological polar surface area (TPSA) is 127 Å². The van der Waals surface area contributed by atoms with Gasteiger partial charge in [-0.25, -0.2) is 0 Å². The zero-order valence-electron chi connectivity index (χ0n) is 9.84. The average Bonchev–Trinajstić information content (AvgIpc) is 2.40. The summed E-state index contributed by atoms with van der Waals surface area (Å²) in [5, 5.41) is 39.4. The summed E-state index contributed by atoms with van der Waals surface area (Å²) >= 11 is 0. The molecular formula is C12H7N5O2. The molecule has 0 spiro atoms. The molecular weight excluding hydrogens is 246 g/mol. The standard InChI is InChI=1S/C12H7N5O2/c1-8-4-10(17(18)19)2-3-11(8)16-12(7-15)9(5-13)6-14/h2-4,16H,1H3. The lowest BCUT2D eigenvalue weighted by molar-refractivity contribution is -0.384. The molecule has 0 heterocycles. The summed E-state index contributed by atoms with van der Waals surface area (Å²) in [6.07, 6.45) is 0. The number of nitrogens with zero attached hydrogens (tertiary/aromatic N) is 4. The van der Waals surface area contributed by atoms with Gasteiger partial charge in [0, 0.05) is 17.8 Å². The number of nitro groups is 1. The Morgan fingerprint density at radius 2 is 1.89 bits per heavy atom. The Bertz CT molecular complexity index is 670. The predicted molar refractivity (Wildman–Crippen MR) is 65.3 cm³/mol. The Morgan fingerprint density at radius 3 is 2.32 bits per heavy atom. The van der Waals surface area contributed by atoms with E-state index in [0.717, 1.165) is 0 Å². The van der Waals surface area contributed by atoms with Gasteiger partial charge in [0.2, 0.25) is 0 Å². The third-order valence-corrected chi connectivity index (χ3v) is 2.27. The van der Waals surface area contributed by atoms with Crippen LogP contribution in [-0.2, 0) is 0 Å². The molecule has 0 fully saturated rings. The number of nitrogens with one attached hydrogen (secondary N) is 1. The molecule has 0 amide bonds. The molecule has 1 aromatic rings. The van der Waals surface area contributed by atoms with E-state index < -0.39 is 4.92 Å². The van der Waals surface area contributed by atoms with Crippen molar-refractivity contribution in [1.29, 1.82) is 15.8 Å². The van der Waals surface area contributed by atoms with Gasteiger partial charge >= 0.3 is 0 Å². The van der Waals surface area contributed by atoms with Crippen LogP contribution >= 0.6 is 0 Å². The van der Waals surface area contributed by atoms with E-state index in [9.17, 15) is 10.1 Å². The summed E-state index contributed by atoms with van der Waals surface area (Å²) in [7, 11) is 0. The van der Waals surface area contributed by atoms with Gasteiger partial charge in [-0.05, 0) is 18.6 Å². The van der Waals surface area contributed by atoms with Crippen molar-refractivity contribution in [2.45, 2.75) is 6.92 Å². The van der Waals surface area contributed by atoms with Crippen molar-refractivity contribution >= 4 is 11.4 Å². The Labute approximate surface area is 108 Å². The summed E-state index contributed by atoms with van der Waals surface area (Å²) in [5.41, 5.74) is 0.330. The second-order valence-electron chi connectivity index (χ2n) is 3.47. The van der Waals surface area contributed by atoms with Gasteiger partial charge in [0.1, 0.15) is 23.9 Å². The molecule has 0 aliphatic rings. The van der Waals surface area contributed by atoms with E-state index in [-0.39, 0.29) is 17.0 Å². The van der Waals surface area contributed by atoms with E-state index >= 15 is 0 Å². The molecule has 1 aromatic carbocycles. The number of nitro benzene ring substituents is 1. The zero-order valence-corrected chi connectivity index (χ0v) is 9.84. The van der Waals surface area contributed by atoms with Crippen LogP contribution < -0.4 is 5.32 Å². The molecule has 92 valence electrons. The molecule has 0 aliphatic heterocycles. The predicted octanol–water partition coefficient (Wildman–Crippen LogP) is 2.14. The summed E-state index contributed by atoms with van der Waals surface area (Å²) in [5.74, 6) is 0. The third-order valence-electron chi connectivity index (χ3n) is 2.27. The summed E-state index contributed by atoms with van der Waals surface area (Å²) in [6, 6.07) is 8.91. The summed E-state index contributed by atoms with van der Waals surface area (Å²) in [6.45, 7) is 1.61. The summed E-state index contributed by atoms with van der Waals surface area (Å²) in [4.78, 5) is 10.0. The molecule has 0 aromatic heterocycles. The van der Waals surface area contributed by atoms with Crippen molar-refractivity contribution in [2.24, 2.45) is 0 Å². The number of non-ortho nitro benzene ring substituents is 1. The molecule has 0 saturated heterocycles. The van der Waals surface area contributed by atoms with Gasteiger partial charge in [-0.2, -0.15) is 15.8 Å². The van der Waals surface area contributed by atoms with E-state index in [0.29, 0.717) is 11.3 Å². The van der Waals surface area contributed by atoms with E-state index in [1.54, 1.807) is 25.1 Å². The summed E-state index contributed by atoms with van der Waals surface area (Å²) < 4.78 is 0. The maximum Gasteiger partial charge on any atom is 0.269 e. The SMILES string of the molecule is Cc1cc([N+](=O)[O-])ccc1NC(C#N)=C(C#N)C#N. The second-order valence-corrected chi connectivity index (χ2v) is 3.47. The Balaban J connectivity index is 3.19. The maximum atomic E-state index is 10.6. The molecule has 1 rings (SSSR count). The number of rotatable bonds is 3. The highest BCUT2D eigenvalue weighted by Crippen LogP contribution is 2.22. The fourth-order valence-electron chi connectivity index (χ4n) is 1.32. The first-order valence-corrected chi connectivity index (χ1v) is 5.00. The van der Waals surface area contributed by atoms with Crippen molar-refractivity contribution in [3.8, 4) is 18.2 Å². The number of hydrogen-bond acceptors (Lipinski definition) is 6. The quantitative estimate of drug-likeness (QED) is 0.499. The minimum Gasteiger partial charge on any atom is -0.345 e. The van der Waals surface area contributed by atoms with Gasteiger partial charge < -0.3 is 5.32 Å². The highest BCUT2D eigenvalue weighted by atomic mass is 16.6. The van der Waals surface area contributed by atoms with Gasteiger partial charge in [0.25, 0.3) is 5.69 Å². The highest BCUT2D eigenvalue weighted by molar-refractivity contribution is 5.63. The average molecular weight is 253 g/mol. The first-order valence-electron chi connectivity index (χ1n) is 5.00. The van der Waals surface area contributed by atoms with Crippen molar-refractivity contribution in [3.63, 3.8) is 0 Å². The van der Waals surface area contributed by atoms with Crippen LogP contribution in [-0.4, -0.2) is 4.92 Å². The van der Waals surface area contributed by atoms with Crippen molar-refractivity contribution in [3.05, 3.63) is 45.1 Å². The van der Waals surface area contributed by atoms with Crippen LogP contribution in [0.25, 0.3) is 0 Å². The fraction of sp³-hybridized carbons (Fsp3) is 0.0833. The van der Waals surface area contributed by atoms with Crippen LogP contribution in [0.15, 0.2) is 29.5 Å². The number of aryl methyl sites for hydroxylation is 1. The molecule has 0 aliphatic carbocycles. The Kier molecular flexibility index (Phi) is 4.19. The lowest BCUT2D eigenvalue weighted by Gasteiger charge is -2.07. The van der Waals surface area contributed by atoms with Gasteiger partial charge in [-0.15, -0.1) is 0 Å². The molecule has 0 bridgehead atoms. The Hall–Kier alpha value is -3.37. The van der Waals surface area contributed by atoms with Crippen molar-refractivity contribution < 1.29 is 4.92 Å². The van der Waals surface area contributed by atoms with E-state index in [1.165, 1.54) is 18.2 Å². The van der Waals surface area contributed by atoms with Crippen LogP contribution in [0.2, 0.25) is 0 Å². The lowest BCUT2D eigenvalue weighted by Crippen LogP contribution is -2.02. The minimum absolute atomic E-state index is 0.0775. The van der Waals surface area contributed by atoms with Gasteiger partial charge in [0.15, 0.2) is 5.57 Å². The second kappa shape index (κ2) is 5.81. The van der Waals surface area contributed by atoms with Crippen LogP contribution in [0.3, 0.4) is 0 Å². The zero-order chi connectivity index (χ0) is 14.4. The molecule has 0 atom stereocenters. The van der Waals surface area contributed by atoms with Crippen molar-refractivity contribution in [2.75, 3.05) is 5.32 Å². The number of anilines is 1. The molecule has 0 saturated carbocycles. The van der Waals surface area contributed by atoms with Crippen LogP contribution in [0, 0.1) is 51.0 Å². The molecule has 0 radical (unpaired) electrons. The van der Waals surface area contributed by atoms with Crippen molar-refractivity contribution in [1.82, 2.24) is 0 Å². The number of nitriles is 3. The number of benzene rings is 1. The molecule has 1 N–H and O–H groups in total. The van der Waals surface area contributed by atoms with Crippen LogP contribution in [0.5, 0.6) is 0 Å². The maximum absolute atomic E-state index is 10.6. The fourth-order valence-corrected chi connectivity index (χ4v) is 1.32.